The molecule has 2 rings (SSSR count). The molecule has 0 heterocycles. The van der Waals surface area contributed by atoms with E-state index in [9.17, 15) is 14.9 Å². The summed E-state index contributed by atoms with van der Waals surface area (Å²) in [7, 11) is 0. The van der Waals surface area contributed by atoms with E-state index in [0.717, 1.165) is 5.56 Å². The summed E-state index contributed by atoms with van der Waals surface area (Å²) in [5, 5.41) is 13.8. The first kappa shape index (κ1) is 13.7. The van der Waals surface area contributed by atoms with Gasteiger partial charge in [-0.25, -0.2) is 0 Å². The molecule has 0 bridgehead atoms. The monoisotopic (exact) mass is 270 g/mol. The second kappa shape index (κ2) is 5.52. The van der Waals surface area contributed by atoms with E-state index in [2.05, 4.69) is 5.32 Å². The van der Waals surface area contributed by atoms with E-state index in [1.807, 2.05) is 19.1 Å². The van der Waals surface area contributed by atoms with Gasteiger partial charge in [-0.1, -0.05) is 24.3 Å². The molecule has 0 spiro atoms. The highest BCUT2D eigenvalue weighted by Crippen LogP contribution is 2.24. The lowest BCUT2D eigenvalue weighted by molar-refractivity contribution is -0.385. The van der Waals surface area contributed by atoms with E-state index in [1.54, 1.807) is 31.2 Å². The van der Waals surface area contributed by atoms with Crippen molar-refractivity contribution in [2.75, 3.05) is 5.32 Å². The van der Waals surface area contributed by atoms with Gasteiger partial charge in [0, 0.05) is 11.3 Å². The third-order valence-corrected chi connectivity index (χ3v) is 2.94. The topological polar surface area (TPSA) is 72.2 Å². The van der Waals surface area contributed by atoms with Crippen LogP contribution in [0.5, 0.6) is 0 Å². The van der Waals surface area contributed by atoms with Crippen LogP contribution in [0.15, 0.2) is 42.5 Å². The molecule has 2 aromatic rings. The highest BCUT2D eigenvalue weighted by Gasteiger charge is 2.22. The number of nitrogens with zero attached hydrogens (tertiary/aromatic N) is 1. The first-order valence-electron chi connectivity index (χ1n) is 6.11. The Labute approximate surface area is 116 Å². The van der Waals surface area contributed by atoms with Crippen molar-refractivity contribution < 1.29 is 9.72 Å². The number of carbonyl (C=O) groups excluding carboxylic acids is 1. The molecule has 102 valence electrons. The normalized spacial score (nSPS) is 10.1. The number of nitro benzene ring substituents is 1. The first-order valence-corrected chi connectivity index (χ1v) is 6.11. The Morgan fingerprint density at radius 2 is 1.85 bits per heavy atom. The molecule has 0 aliphatic rings. The number of benzene rings is 2. The van der Waals surface area contributed by atoms with Gasteiger partial charge in [-0.2, -0.15) is 0 Å². The van der Waals surface area contributed by atoms with E-state index >= 15 is 0 Å². The zero-order valence-electron chi connectivity index (χ0n) is 11.2. The van der Waals surface area contributed by atoms with Crippen molar-refractivity contribution in [1.29, 1.82) is 0 Å². The molecule has 0 radical (unpaired) electrons. The number of anilines is 1. The van der Waals surface area contributed by atoms with Crippen LogP contribution in [0.4, 0.5) is 11.4 Å². The predicted molar refractivity (Wildman–Crippen MR) is 77.0 cm³/mol. The van der Waals surface area contributed by atoms with Crippen molar-refractivity contribution in [1.82, 2.24) is 0 Å². The van der Waals surface area contributed by atoms with Gasteiger partial charge in [0.25, 0.3) is 11.6 Å². The highest BCUT2D eigenvalue weighted by molar-refractivity contribution is 6.07. The van der Waals surface area contributed by atoms with Crippen LogP contribution in [0.2, 0.25) is 0 Å². The Bertz CT molecular complexity index is 681. The summed E-state index contributed by atoms with van der Waals surface area (Å²) < 4.78 is 0. The number of nitro groups is 1. The molecule has 0 unspecified atom stereocenters. The van der Waals surface area contributed by atoms with Crippen molar-refractivity contribution in [3.63, 3.8) is 0 Å². The van der Waals surface area contributed by atoms with Crippen LogP contribution in [0.3, 0.4) is 0 Å². The Kier molecular flexibility index (Phi) is 3.79. The van der Waals surface area contributed by atoms with Crippen molar-refractivity contribution in [2.24, 2.45) is 0 Å². The molecule has 0 aliphatic heterocycles. The lowest BCUT2D eigenvalue weighted by Gasteiger charge is -2.07. The molecular formula is C15H14N2O3. The third-order valence-electron chi connectivity index (χ3n) is 2.94. The Morgan fingerprint density at radius 1 is 1.15 bits per heavy atom. The van der Waals surface area contributed by atoms with Gasteiger partial charge in [-0.15, -0.1) is 0 Å². The maximum atomic E-state index is 12.2. The van der Waals surface area contributed by atoms with E-state index in [4.69, 9.17) is 0 Å². The van der Waals surface area contributed by atoms with Crippen LogP contribution < -0.4 is 5.32 Å². The van der Waals surface area contributed by atoms with Crippen molar-refractivity contribution >= 4 is 17.3 Å². The van der Waals surface area contributed by atoms with Gasteiger partial charge in [0.05, 0.1) is 4.92 Å². The number of nitrogens with one attached hydrogen (secondary N) is 1. The standard InChI is InChI=1S/C15H14N2O3/c1-10-5-3-7-12(9-10)16-15(18)13-8-4-6-11(2)14(13)17(19)20/h3-9H,1-2H3,(H,16,18). The molecule has 0 saturated carbocycles. The fourth-order valence-electron chi connectivity index (χ4n) is 2.01. The lowest BCUT2D eigenvalue weighted by atomic mass is 10.1. The molecule has 5 heteroatoms. The summed E-state index contributed by atoms with van der Waals surface area (Å²) in [6.45, 7) is 3.52. The van der Waals surface area contributed by atoms with Gasteiger partial charge in [-0.3, -0.25) is 14.9 Å². The van der Waals surface area contributed by atoms with Crippen LogP contribution in [-0.4, -0.2) is 10.8 Å². The van der Waals surface area contributed by atoms with Gasteiger partial charge < -0.3 is 5.32 Å². The quantitative estimate of drug-likeness (QED) is 0.685. The fraction of sp³-hybridized carbons (Fsp3) is 0.133. The molecule has 2 aromatic carbocycles. The molecule has 1 amide bonds. The van der Waals surface area contributed by atoms with Gasteiger partial charge in [-0.05, 0) is 37.6 Å². The van der Waals surface area contributed by atoms with Gasteiger partial charge in [0.2, 0.25) is 0 Å². The second-order valence-electron chi connectivity index (χ2n) is 4.55. The number of aryl methyl sites for hydroxylation is 2. The predicted octanol–water partition coefficient (Wildman–Crippen LogP) is 3.46. The van der Waals surface area contributed by atoms with E-state index in [0.29, 0.717) is 11.3 Å². The number of amides is 1. The Balaban J connectivity index is 2.35. The summed E-state index contributed by atoms with van der Waals surface area (Å²) in [5.74, 6) is -0.481. The SMILES string of the molecule is Cc1cccc(NC(=O)c2cccc(C)c2[N+](=O)[O-])c1. The largest absolute Gasteiger partial charge is 0.322 e. The van der Waals surface area contributed by atoms with Crippen LogP contribution >= 0.6 is 0 Å². The maximum absolute atomic E-state index is 12.2. The highest BCUT2D eigenvalue weighted by atomic mass is 16.6. The molecule has 0 fully saturated rings. The zero-order valence-corrected chi connectivity index (χ0v) is 11.2. The van der Waals surface area contributed by atoms with Gasteiger partial charge in [0.1, 0.15) is 5.56 Å². The van der Waals surface area contributed by atoms with Crippen LogP contribution in [0.1, 0.15) is 21.5 Å². The molecular weight excluding hydrogens is 256 g/mol. The molecule has 0 saturated heterocycles. The summed E-state index contributed by atoms with van der Waals surface area (Å²) in [6, 6.07) is 12.0. The van der Waals surface area contributed by atoms with Gasteiger partial charge in [0.15, 0.2) is 0 Å². The number of para-hydroxylation sites is 1. The van der Waals surface area contributed by atoms with Gasteiger partial charge >= 0.3 is 0 Å². The third kappa shape index (κ3) is 2.83. The first-order chi connectivity index (χ1) is 9.49. The smallest absolute Gasteiger partial charge is 0.285 e. The molecule has 0 atom stereocenters. The van der Waals surface area contributed by atoms with Crippen LogP contribution in [0.25, 0.3) is 0 Å². The molecule has 5 nitrogen and oxygen atoms in total. The minimum atomic E-state index is -0.527. The number of rotatable bonds is 3. The summed E-state index contributed by atoms with van der Waals surface area (Å²) in [5.41, 5.74) is 1.99. The molecule has 20 heavy (non-hydrogen) atoms. The fourth-order valence-corrected chi connectivity index (χ4v) is 2.01. The van der Waals surface area contributed by atoms with Crippen molar-refractivity contribution in [3.05, 3.63) is 69.3 Å². The molecule has 0 aliphatic carbocycles. The van der Waals surface area contributed by atoms with Crippen molar-refractivity contribution in [2.45, 2.75) is 13.8 Å². The average Bonchev–Trinajstić information content (AvgIpc) is 2.37. The van der Waals surface area contributed by atoms with Crippen LogP contribution in [0, 0.1) is 24.0 Å². The van der Waals surface area contributed by atoms with E-state index in [1.165, 1.54) is 6.07 Å². The minimum Gasteiger partial charge on any atom is -0.322 e. The summed E-state index contributed by atoms with van der Waals surface area (Å²) >= 11 is 0. The van der Waals surface area contributed by atoms with E-state index in [-0.39, 0.29) is 11.3 Å². The minimum absolute atomic E-state index is 0.0662. The van der Waals surface area contributed by atoms with E-state index < -0.39 is 10.8 Å². The summed E-state index contributed by atoms with van der Waals surface area (Å²) in [6.07, 6.45) is 0. The maximum Gasteiger partial charge on any atom is 0.285 e. The number of carbonyl (C=O) groups is 1. The number of hydrogen-bond donors (Lipinski definition) is 1. The molecule has 1 N–H and O–H groups in total. The van der Waals surface area contributed by atoms with Crippen LogP contribution in [-0.2, 0) is 0 Å². The Hall–Kier alpha value is -2.69. The Morgan fingerprint density at radius 3 is 2.50 bits per heavy atom. The van der Waals surface area contributed by atoms with Crippen molar-refractivity contribution in [3.8, 4) is 0 Å². The molecule has 0 aromatic heterocycles. The lowest BCUT2D eigenvalue weighted by Crippen LogP contribution is -2.14. The zero-order chi connectivity index (χ0) is 14.7. The average molecular weight is 270 g/mol. The summed E-state index contributed by atoms with van der Waals surface area (Å²) in [4.78, 5) is 22.7. The second-order valence-corrected chi connectivity index (χ2v) is 4.55. The number of hydrogen-bond acceptors (Lipinski definition) is 3.